The molecule has 0 rings (SSSR count). The van der Waals surface area contributed by atoms with Crippen molar-refractivity contribution < 1.29 is 14.4 Å². The van der Waals surface area contributed by atoms with E-state index in [2.05, 4.69) is 29.5 Å². The Labute approximate surface area is 258 Å². The van der Waals surface area contributed by atoms with Crippen molar-refractivity contribution in [2.75, 3.05) is 6.54 Å². The number of amides is 3. The van der Waals surface area contributed by atoms with Gasteiger partial charge in [0, 0.05) is 19.4 Å². The van der Waals surface area contributed by atoms with Gasteiger partial charge in [0.1, 0.15) is 6.04 Å². The van der Waals surface area contributed by atoms with E-state index >= 15 is 0 Å². The molecule has 0 aliphatic heterocycles. The molecule has 0 saturated carbocycles. The summed E-state index contributed by atoms with van der Waals surface area (Å²) in [5.41, 5.74) is 10.8. The first-order valence-electron chi connectivity index (χ1n) is 17.6. The third-order valence-corrected chi connectivity index (χ3v) is 7.87. The van der Waals surface area contributed by atoms with Gasteiger partial charge in [-0.05, 0) is 25.7 Å². The van der Waals surface area contributed by atoms with Crippen LogP contribution in [0.1, 0.15) is 181 Å². The van der Waals surface area contributed by atoms with Gasteiger partial charge in [-0.2, -0.15) is 0 Å². The quantitative estimate of drug-likeness (QED) is 0.0386. The van der Waals surface area contributed by atoms with Crippen LogP contribution in [0.3, 0.4) is 0 Å². The molecule has 0 aromatic rings. The number of guanidine groups is 1. The summed E-state index contributed by atoms with van der Waals surface area (Å²) >= 11 is 0. The zero-order valence-electron chi connectivity index (χ0n) is 27.5. The van der Waals surface area contributed by atoms with Crippen molar-refractivity contribution in [3.63, 3.8) is 0 Å². The summed E-state index contributed by atoms with van der Waals surface area (Å²) in [6, 6.07) is -0.763. The Morgan fingerprint density at radius 2 is 0.929 bits per heavy atom. The smallest absolute Gasteiger partial charge is 0.249 e. The Bertz CT molecular complexity index is 695. The molecule has 246 valence electrons. The third-order valence-electron chi connectivity index (χ3n) is 7.87. The van der Waals surface area contributed by atoms with Gasteiger partial charge >= 0.3 is 0 Å². The topological polar surface area (TPSA) is 140 Å². The van der Waals surface area contributed by atoms with Crippen molar-refractivity contribution in [3.05, 3.63) is 0 Å². The molecule has 0 unspecified atom stereocenters. The SMILES string of the molecule is CCCCCCCCCCCCCC(=O)NC(=O)[C@H](CCCN=C(N)N)NC(=O)CCCCCCCCCCCCC. The van der Waals surface area contributed by atoms with Crippen molar-refractivity contribution in [1.82, 2.24) is 10.6 Å². The predicted octanol–water partition coefficient (Wildman–Crippen LogP) is 7.57. The maximum Gasteiger partial charge on any atom is 0.249 e. The lowest BCUT2D eigenvalue weighted by atomic mass is 10.0. The number of aliphatic imine (C=N–C) groups is 1. The Morgan fingerprint density at radius 3 is 1.33 bits per heavy atom. The number of carbonyl (C=O) groups is 3. The summed E-state index contributed by atoms with van der Waals surface area (Å²) in [4.78, 5) is 41.8. The normalized spacial score (nSPS) is 11.7. The van der Waals surface area contributed by atoms with Gasteiger partial charge in [-0.1, -0.05) is 142 Å². The predicted molar refractivity (Wildman–Crippen MR) is 177 cm³/mol. The maximum absolute atomic E-state index is 12.8. The highest BCUT2D eigenvalue weighted by Gasteiger charge is 2.22. The molecule has 0 saturated heterocycles. The van der Waals surface area contributed by atoms with E-state index in [4.69, 9.17) is 11.5 Å². The largest absolute Gasteiger partial charge is 0.370 e. The second-order valence-electron chi connectivity index (χ2n) is 12.1. The zero-order valence-corrected chi connectivity index (χ0v) is 27.5. The fourth-order valence-corrected chi connectivity index (χ4v) is 5.23. The van der Waals surface area contributed by atoms with Gasteiger partial charge in [-0.15, -0.1) is 0 Å². The number of hydrogen-bond donors (Lipinski definition) is 4. The summed E-state index contributed by atoms with van der Waals surface area (Å²) in [7, 11) is 0. The molecule has 0 spiro atoms. The molecule has 3 amide bonds. The van der Waals surface area contributed by atoms with Crippen molar-refractivity contribution >= 4 is 23.7 Å². The number of nitrogens with zero attached hydrogens (tertiary/aromatic N) is 1. The van der Waals surface area contributed by atoms with Crippen LogP contribution in [0.4, 0.5) is 0 Å². The molecule has 0 aromatic heterocycles. The molecule has 0 bridgehead atoms. The third kappa shape index (κ3) is 28.0. The van der Waals surface area contributed by atoms with E-state index in [0.717, 1.165) is 38.5 Å². The van der Waals surface area contributed by atoms with Crippen LogP contribution in [0, 0.1) is 0 Å². The van der Waals surface area contributed by atoms with E-state index in [9.17, 15) is 14.4 Å². The molecule has 8 nitrogen and oxygen atoms in total. The average molecular weight is 594 g/mol. The van der Waals surface area contributed by atoms with Crippen LogP contribution in [0.5, 0.6) is 0 Å². The van der Waals surface area contributed by atoms with E-state index in [1.54, 1.807) is 0 Å². The molecule has 8 heteroatoms. The first kappa shape index (κ1) is 39.9. The van der Waals surface area contributed by atoms with E-state index in [1.807, 2.05) is 0 Å². The fraction of sp³-hybridized carbons (Fsp3) is 0.882. The summed E-state index contributed by atoms with van der Waals surface area (Å²) in [6.07, 6.45) is 28.3. The minimum Gasteiger partial charge on any atom is -0.370 e. The molecule has 0 aromatic carbocycles. The summed E-state index contributed by atoms with van der Waals surface area (Å²) in [5.74, 6) is -0.866. The van der Waals surface area contributed by atoms with Gasteiger partial charge in [0.15, 0.2) is 5.96 Å². The Hall–Kier alpha value is -2.12. The summed E-state index contributed by atoms with van der Waals surface area (Å²) in [6.45, 7) is 4.85. The van der Waals surface area contributed by atoms with Crippen LogP contribution in [0.2, 0.25) is 0 Å². The number of imide groups is 1. The average Bonchev–Trinajstić information content (AvgIpc) is 2.96. The maximum atomic E-state index is 12.8. The Morgan fingerprint density at radius 1 is 0.548 bits per heavy atom. The monoisotopic (exact) mass is 594 g/mol. The van der Waals surface area contributed by atoms with Gasteiger partial charge in [-0.3, -0.25) is 24.7 Å². The highest BCUT2D eigenvalue weighted by molar-refractivity contribution is 5.99. The molecule has 0 heterocycles. The van der Waals surface area contributed by atoms with E-state index in [0.29, 0.717) is 32.2 Å². The van der Waals surface area contributed by atoms with E-state index in [-0.39, 0.29) is 17.8 Å². The van der Waals surface area contributed by atoms with Crippen LogP contribution < -0.4 is 22.1 Å². The van der Waals surface area contributed by atoms with Crippen molar-refractivity contribution in [2.45, 2.75) is 187 Å². The van der Waals surface area contributed by atoms with Gasteiger partial charge in [0.05, 0.1) is 0 Å². The first-order valence-corrected chi connectivity index (χ1v) is 17.6. The number of carbonyl (C=O) groups excluding carboxylic acids is 3. The highest BCUT2D eigenvalue weighted by atomic mass is 16.2. The molecule has 42 heavy (non-hydrogen) atoms. The lowest BCUT2D eigenvalue weighted by Crippen LogP contribution is -2.48. The molecular formula is C34H67N5O3. The van der Waals surface area contributed by atoms with Crippen molar-refractivity contribution in [3.8, 4) is 0 Å². The van der Waals surface area contributed by atoms with Crippen LogP contribution in [0.15, 0.2) is 4.99 Å². The molecule has 0 aliphatic carbocycles. The van der Waals surface area contributed by atoms with Gasteiger partial charge in [-0.25, -0.2) is 0 Å². The lowest BCUT2D eigenvalue weighted by molar-refractivity contribution is -0.134. The molecule has 0 radical (unpaired) electrons. The second kappa shape index (κ2) is 30.3. The second-order valence-corrected chi connectivity index (χ2v) is 12.1. The number of unbranched alkanes of at least 4 members (excludes halogenated alkanes) is 20. The highest BCUT2D eigenvalue weighted by Crippen LogP contribution is 2.13. The van der Waals surface area contributed by atoms with Gasteiger partial charge < -0.3 is 16.8 Å². The van der Waals surface area contributed by atoms with Crippen molar-refractivity contribution in [2.24, 2.45) is 16.5 Å². The van der Waals surface area contributed by atoms with E-state index < -0.39 is 11.9 Å². The summed E-state index contributed by atoms with van der Waals surface area (Å²) < 4.78 is 0. The molecule has 0 fully saturated rings. The van der Waals surface area contributed by atoms with Crippen molar-refractivity contribution in [1.29, 1.82) is 0 Å². The number of nitrogens with two attached hydrogens (primary N) is 2. The van der Waals surface area contributed by atoms with E-state index in [1.165, 1.54) is 103 Å². The Kier molecular flexibility index (Phi) is 28.8. The lowest BCUT2D eigenvalue weighted by Gasteiger charge is -2.18. The van der Waals surface area contributed by atoms with Gasteiger partial charge in [0.25, 0.3) is 0 Å². The minimum absolute atomic E-state index is 0.00122. The Balaban J connectivity index is 4.22. The zero-order chi connectivity index (χ0) is 31.1. The molecular weight excluding hydrogens is 526 g/mol. The number of hydrogen-bond acceptors (Lipinski definition) is 4. The standard InChI is InChI=1S/C34H67N5O3/c1-3-5-7-9-11-13-15-17-19-21-23-27-31(40)38-30(26-25-29-37-34(35)36)33(42)39-32(41)28-24-22-20-18-16-14-12-10-8-6-4-2/h30H,3-29H2,1-2H3,(H,38,40)(H4,35,36,37)(H,39,41,42)/t30-/m0/s1. The van der Waals surface area contributed by atoms with Crippen LogP contribution >= 0.6 is 0 Å². The van der Waals surface area contributed by atoms with Crippen LogP contribution in [-0.2, 0) is 14.4 Å². The van der Waals surface area contributed by atoms with Crippen LogP contribution in [-0.4, -0.2) is 36.3 Å². The minimum atomic E-state index is -0.763. The molecule has 6 N–H and O–H groups in total. The first-order chi connectivity index (χ1) is 20.4. The molecule has 1 atom stereocenters. The van der Waals surface area contributed by atoms with Crippen LogP contribution in [0.25, 0.3) is 0 Å². The summed E-state index contributed by atoms with van der Waals surface area (Å²) in [5, 5.41) is 5.35. The number of rotatable bonds is 30. The molecule has 0 aliphatic rings. The van der Waals surface area contributed by atoms with Gasteiger partial charge in [0.2, 0.25) is 17.7 Å². The number of nitrogens with one attached hydrogen (secondary N) is 2. The fourth-order valence-electron chi connectivity index (χ4n) is 5.23.